The molecule has 0 saturated carbocycles. The van der Waals surface area contributed by atoms with Gasteiger partial charge in [-0.25, -0.2) is 24.5 Å². The molecule has 2 aromatic rings. The van der Waals surface area contributed by atoms with E-state index in [9.17, 15) is 20.4 Å². The molecule has 218 valence electrons. The summed E-state index contributed by atoms with van der Waals surface area (Å²) in [7, 11) is 0. The van der Waals surface area contributed by atoms with Crippen molar-refractivity contribution in [3.63, 3.8) is 0 Å². The lowest BCUT2D eigenvalue weighted by Gasteiger charge is -2.19. The van der Waals surface area contributed by atoms with E-state index in [2.05, 4.69) is 19.9 Å². The average Bonchev–Trinajstić information content (AvgIpc) is 2.79. The molecular weight excluding hydrogens is 514 g/mol. The van der Waals surface area contributed by atoms with Crippen molar-refractivity contribution in [1.82, 2.24) is 19.9 Å². The van der Waals surface area contributed by atoms with Gasteiger partial charge in [-0.2, -0.15) is 0 Å². The molecule has 12 heteroatoms. The zero-order valence-corrected chi connectivity index (χ0v) is 25.7. The molecule has 2 aromatic heterocycles. The van der Waals surface area contributed by atoms with Crippen molar-refractivity contribution in [3.8, 4) is 0 Å². The van der Waals surface area contributed by atoms with Gasteiger partial charge in [0.1, 0.15) is 6.61 Å². The monoisotopic (exact) mass is 557 g/mol. The van der Waals surface area contributed by atoms with Gasteiger partial charge < -0.3 is 9.94 Å². The van der Waals surface area contributed by atoms with Crippen LogP contribution in [0.25, 0.3) is 0 Å². The molecule has 12 nitrogen and oxygen atoms in total. The molecule has 0 atom stereocenters. The van der Waals surface area contributed by atoms with Crippen LogP contribution in [0.1, 0.15) is 113 Å². The predicted octanol–water partition coefficient (Wildman–Crippen LogP) is 3.51. The van der Waals surface area contributed by atoms with Crippen LogP contribution in [0.5, 0.6) is 0 Å². The molecule has 0 amide bonds. The highest BCUT2D eigenvalue weighted by Gasteiger charge is 2.29. The van der Waals surface area contributed by atoms with Crippen LogP contribution in [0.2, 0.25) is 0 Å². The number of nitrogens with zero attached hydrogens (tertiary/aromatic N) is 7. The molecule has 0 fully saturated rings. The van der Waals surface area contributed by atoms with Crippen molar-refractivity contribution in [2.45, 2.75) is 106 Å². The van der Waals surface area contributed by atoms with Gasteiger partial charge >= 0.3 is 5.97 Å². The topological polar surface area (TPSA) is 150 Å². The van der Waals surface area contributed by atoms with Crippen molar-refractivity contribution in [2.24, 2.45) is 0 Å². The number of aryl methyl sites for hydroxylation is 3. The van der Waals surface area contributed by atoms with Crippen LogP contribution in [0.3, 0.4) is 0 Å². The van der Waals surface area contributed by atoms with E-state index < -0.39 is 22.6 Å². The van der Waals surface area contributed by atoms with E-state index in [1.807, 2.05) is 41.5 Å². The molecule has 2 rings (SSSR count). The Labute approximate surface area is 236 Å². The highest BCUT2D eigenvalue weighted by atomic mass is 16.5. The van der Waals surface area contributed by atoms with Crippen molar-refractivity contribution < 1.29 is 34.2 Å². The van der Waals surface area contributed by atoms with Gasteiger partial charge in [-0.1, -0.05) is 0 Å². The summed E-state index contributed by atoms with van der Waals surface area (Å²) in [5.41, 5.74) is 0.567. The number of hydrogen-bond acceptors (Lipinski definition) is 9. The third-order valence-electron chi connectivity index (χ3n) is 5.81. The third-order valence-corrected chi connectivity index (χ3v) is 5.81. The average molecular weight is 558 g/mol. The van der Waals surface area contributed by atoms with Crippen LogP contribution in [0, 0.1) is 26.0 Å². The molecule has 2 heterocycles. The summed E-state index contributed by atoms with van der Waals surface area (Å²) in [5, 5.41) is 33.4. The van der Waals surface area contributed by atoms with E-state index >= 15 is 0 Å². The van der Waals surface area contributed by atoms with Crippen molar-refractivity contribution in [1.29, 1.82) is 0 Å². The summed E-state index contributed by atoms with van der Waals surface area (Å²) in [4.78, 5) is 31.1. The Morgan fingerprint density at radius 1 is 0.725 bits per heavy atom. The SMILES string of the molecule is Cc1nc(COC(=O)c2nc(C)c(/C=[N+](\O)C(C)(C)C)nc2/C=[N+](\[O-])C(C)(C)C)c(C)nc1/C=[N+](\O)C(C)(C)C. The fourth-order valence-electron chi connectivity index (χ4n) is 2.96. The van der Waals surface area contributed by atoms with Gasteiger partial charge in [-0.3, -0.25) is 15.4 Å². The van der Waals surface area contributed by atoms with E-state index in [4.69, 9.17) is 4.74 Å². The van der Waals surface area contributed by atoms with Crippen LogP contribution >= 0.6 is 0 Å². The van der Waals surface area contributed by atoms with Gasteiger partial charge in [-0.15, -0.1) is 0 Å². The van der Waals surface area contributed by atoms with Crippen LogP contribution < -0.4 is 0 Å². The second-order valence-electron chi connectivity index (χ2n) is 12.6. The van der Waals surface area contributed by atoms with E-state index in [1.54, 1.807) is 41.5 Å². The van der Waals surface area contributed by atoms with E-state index in [0.29, 0.717) is 38.9 Å². The van der Waals surface area contributed by atoms with Crippen molar-refractivity contribution >= 4 is 24.6 Å². The molecule has 0 aliphatic rings. The summed E-state index contributed by atoms with van der Waals surface area (Å²) in [6.45, 7) is 21.1. The maximum atomic E-state index is 13.2. The standard InChI is InChI=1S/C28H43N7O5/c1-17-20(13-33(37)26(4,5)6)29-19(3)23(30-17)16-40-25(36)24-22(15-35(39)28(10,11)12)32-21(18(2)31-24)14-34(38)27(7,8)9/h13-15,37-38H,16H2,1-12H3/q+2/b35-15-. The highest BCUT2D eigenvalue weighted by Crippen LogP contribution is 2.15. The van der Waals surface area contributed by atoms with Gasteiger partial charge in [0.05, 0.1) is 22.8 Å². The summed E-state index contributed by atoms with van der Waals surface area (Å²) in [5.74, 6) is -0.795. The smallest absolute Gasteiger partial charge is 0.359 e. The number of aromatic nitrogens is 4. The number of carbonyl (C=O) groups is 1. The lowest BCUT2D eigenvalue weighted by atomic mass is 10.1. The molecule has 40 heavy (non-hydrogen) atoms. The zero-order valence-electron chi connectivity index (χ0n) is 25.7. The minimum atomic E-state index is -0.799. The number of rotatable bonds is 6. The van der Waals surface area contributed by atoms with Crippen LogP contribution in [-0.4, -0.2) is 85.8 Å². The molecular formula is C28H43N7O5+2. The Kier molecular flexibility index (Phi) is 9.39. The van der Waals surface area contributed by atoms with E-state index in [0.717, 1.165) is 9.48 Å². The maximum Gasteiger partial charge on any atom is 0.359 e. The second kappa shape index (κ2) is 11.6. The summed E-state index contributed by atoms with van der Waals surface area (Å²) in [6.07, 6.45) is 4.09. The Hall–Kier alpha value is -3.96. The lowest BCUT2D eigenvalue weighted by Crippen LogP contribution is -2.32. The maximum absolute atomic E-state index is 13.2. The third kappa shape index (κ3) is 8.27. The Morgan fingerprint density at radius 2 is 1.20 bits per heavy atom. The Morgan fingerprint density at radius 3 is 1.68 bits per heavy atom. The molecule has 0 aliphatic carbocycles. The molecule has 0 radical (unpaired) electrons. The first kappa shape index (κ1) is 32.3. The first-order chi connectivity index (χ1) is 18.1. The molecule has 2 N–H and O–H groups in total. The Bertz CT molecular complexity index is 1380. The van der Waals surface area contributed by atoms with Gasteiger partial charge in [-0.05, 0) is 30.2 Å². The minimum absolute atomic E-state index is 0.00300. The zero-order chi connectivity index (χ0) is 30.8. The number of carbonyl (C=O) groups excluding carboxylic acids is 1. The summed E-state index contributed by atoms with van der Waals surface area (Å²) >= 11 is 0. The molecule has 0 aromatic carbocycles. The predicted molar refractivity (Wildman–Crippen MR) is 150 cm³/mol. The number of ether oxygens (including phenoxy) is 1. The largest absolute Gasteiger partial charge is 0.623 e. The van der Waals surface area contributed by atoms with Gasteiger partial charge in [0.25, 0.3) is 0 Å². The summed E-state index contributed by atoms with van der Waals surface area (Å²) < 4.78 is 8.28. The van der Waals surface area contributed by atoms with Crippen LogP contribution in [-0.2, 0) is 11.3 Å². The highest BCUT2D eigenvalue weighted by molar-refractivity contribution is 5.96. The number of esters is 1. The van der Waals surface area contributed by atoms with E-state index in [1.165, 1.54) is 18.6 Å². The normalized spacial score (nSPS) is 13.9. The molecule has 0 unspecified atom stereocenters. The van der Waals surface area contributed by atoms with Crippen molar-refractivity contribution in [2.75, 3.05) is 0 Å². The number of hydroxylamine groups is 3. The minimum Gasteiger partial charge on any atom is -0.623 e. The fourth-order valence-corrected chi connectivity index (χ4v) is 2.96. The van der Waals surface area contributed by atoms with Gasteiger partial charge in [0.2, 0.25) is 29.7 Å². The first-order valence-electron chi connectivity index (χ1n) is 13.0. The Balaban J connectivity index is 2.48. The summed E-state index contributed by atoms with van der Waals surface area (Å²) in [6, 6.07) is 0. The van der Waals surface area contributed by atoms with Crippen molar-refractivity contribution in [3.05, 3.63) is 50.8 Å². The first-order valence-corrected chi connectivity index (χ1v) is 13.0. The fraction of sp³-hybridized carbons (Fsp3) is 0.571. The number of hydrogen-bond donors (Lipinski definition) is 2. The quantitative estimate of drug-likeness (QED) is 0.136. The molecule has 0 saturated heterocycles. The van der Waals surface area contributed by atoms with Gasteiger partial charge in [0.15, 0.2) is 28.3 Å². The molecule has 0 bridgehead atoms. The molecule has 0 spiro atoms. The molecule has 0 aliphatic heterocycles. The van der Waals surface area contributed by atoms with Crippen LogP contribution in [0.15, 0.2) is 0 Å². The van der Waals surface area contributed by atoms with E-state index in [-0.39, 0.29) is 18.0 Å². The van der Waals surface area contributed by atoms with Crippen LogP contribution in [0.4, 0.5) is 0 Å². The van der Waals surface area contributed by atoms with Gasteiger partial charge in [0, 0.05) is 62.3 Å². The second-order valence-corrected chi connectivity index (χ2v) is 12.6. The lowest BCUT2D eigenvalue weighted by molar-refractivity contribution is -0.816.